The second-order valence-electron chi connectivity index (χ2n) is 9.15. The Morgan fingerprint density at radius 3 is 2.69 bits per heavy atom. The monoisotopic (exact) mass is 352 g/mol. The Morgan fingerprint density at radius 2 is 1.96 bits per heavy atom. The van der Waals surface area contributed by atoms with Gasteiger partial charge in [0.15, 0.2) is 11.6 Å². The molecule has 2 aromatic heterocycles. The number of aromatic nitrogens is 3. The molecule has 1 saturated carbocycles. The molecule has 0 spiro atoms. The molecular formula is C20H28N6. The summed E-state index contributed by atoms with van der Waals surface area (Å²) >= 11 is 0. The molecule has 0 amide bonds. The van der Waals surface area contributed by atoms with Crippen LogP contribution < -0.4 is 16.0 Å². The van der Waals surface area contributed by atoms with Crippen molar-refractivity contribution in [2.45, 2.75) is 53.0 Å². The number of nitrogen functional groups attached to an aromatic ring is 1. The molecule has 138 valence electrons. The molecular weight excluding hydrogens is 324 g/mol. The first kappa shape index (κ1) is 17.1. The zero-order valence-corrected chi connectivity index (χ0v) is 16.1. The minimum atomic E-state index is 0.329. The summed E-state index contributed by atoms with van der Waals surface area (Å²) in [7, 11) is 0. The van der Waals surface area contributed by atoms with E-state index in [4.69, 9.17) is 5.73 Å². The van der Waals surface area contributed by atoms with Crippen LogP contribution in [0.4, 0.5) is 23.1 Å². The molecule has 2 unspecified atom stereocenters. The van der Waals surface area contributed by atoms with E-state index in [0.29, 0.717) is 28.4 Å². The Balaban J connectivity index is 1.63. The number of nitrogens with zero attached hydrogens (tertiary/aromatic N) is 4. The predicted molar refractivity (Wildman–Crippen MR) is 106 cm³/mol. The summed E-state index contributed by atoms with van der Waals surface area (Å²) in [6.45, 7) is 10.2. The molecule has 2 bridgehead atoms. The van der Waals surface area contributed by atoms with Gasteiger partial charge in [-0.25, -0.2) is 15.0 Å². The third-order valence-electron chi connectivity index (χ3n) is 5.71. The molecule has 6 nitrogen and oxygen atoms in total. The molecule has 2 aliphatic rings. The normalized spacial score (nSPS) is 26.8. The highest BCUT2D eigenvalue weighted by Gasteiger charge is 2.50. The van der Waals surface area contributed by atoms with E-state index in [1.165, 1.54) is 19.3 Å². The Labute approximate surface area is 155 Å². The Hall–Kier alpha value is -2.37. The molecule has 2 fully saturated rings. The minimum Gasteiger partial charge on any atom is -0.393 e. The summed E-state index contributed by atoms with van der Waals surface area (Å²) in [6, 6.07) is 4.44. The van der Waals surface area contributed by atoms with Crippen LogP contribution in [0.25, 0.3) is 0 Å². The molecule has 0 radical (unpaired) electrons. The Morgan fingerprint density at radius 1 is 1.15 bits per heavy atom. The minimum absolute atomic E-state index is 0.329. The van der Waals surface area contributed by atoms with Crippen LogP contribution >= 0.6 is 0 Å². The first-order valence-corrected chi connectivity index (χ1v) is 9.32. The standard InChI is InChI=1S/C20H28N6/c1-13-5-6-15(22-9-13)25-17-16(21)18(24-12-23-17)26-11-20(4)8-14(26)7-19(2,3)10-20/h5-6,9,12,14H,7-8,10-11,21H2,1-4H3,(H,22,23,24,25). The fourth-order valence-corrected chi connectivity index (χ4v) is 5.09. The maximum absolute atomic E-state index is 6.48. The average molecular weight is 352 g/mol. The topological polar surface area (TPSA) is 80.0 Å². The van der Waals surface area contributed by atoms with Gasteiger partial charge in [-0.3, -0.25) is 0 Å². The molecule has 3 heterocycles. The van der Waals surface area contributed by atoms with Gasteiger partial charge in [-0.1, -0.05) is 26.8 Å². The average Bonchev–Trinajstić information content (AvgIpc) is 2.80. The van der Waals surface area contributed by atoms with E-state index in [1.807, 2.05) is 25.3 Å². The summed E-state index contributed by atoms with van der Waals surface area (Å²) in [4.78, 5) is 15.7. The van der Waals surface area contributed by atoms with Crippen molar-refractivity contribution in [3.63, 3.8) is 0 Å². The zero-order chi connectivity index (χ0) is 18.5. The van der Waals surface area contributed by atoms with E-state index in [-0.39, 0.29) is 0 Å². The van der Waals surface area contributed by atoms with Gasteiger partial charge in [-0.05, 0) is 48.6 Å². The number of nitrogens with two attached hydrogens (primary N) is 1. The summed E-state index contributed by atoms with van der Waals surface area (Å²) in [5.41, 5.74) is 8.89. The molecule has 26 heavy (non-hydrogen) atoms. The van der Waals surface area contributed by atoms with Gasteiger partial charge in [0.2, 0.25) is 0 Å². The van der Waals surface area contributed by atoms with Gasteiger partial charge in [-0.15, -0.1) is 0 Å². The van der Waals surface area contributed by atoms with Gasteiger partial charge in [0.25, 0.3) is 0 Å². The van der Waals surface area contributed by atoms with Crippen LogP contribution in [-0.2, 0) is 0 Å². The molecule has 1 saturated heterocycles. The van der Waals surface area contributed by atoms with Crippen molar-refractivity contribution in [1.82, 2.24) is 15.0 Å². The molecule has 4 rings (SSSR count). The van der Waals surface area contributed by atoms with Gasteiger partial charge in [0, 0.05) is 18.8 Å². The molecule has 2 aromatic rings. The maximum Gasteiger partial charge on any atom is 0.160 e. The highest BCUT2D eigenvalue weighted by Crippen LogP contribution is 2.53. The van der Waals surface area contributed by atoms with Gasteiger partial charge in [0.1, 0.15) is 17.8 Å². The van der Waals surface area contributed by atoms with Crippen molar-refractivity contribution in [3.05, 3.63) is 30.2 Å². The second-order valence-corrected chi connectivity index (χ2v) is 9.15. The van der Waals surface area contributed by atoms with E-state index in [1.54, 1.807) is 6.33 Å². The summed E-state index contributed by atoms with van der Waals surface area (Å²) in [5.74, 6) is 2.21. The van der Waals surface area contributed by atoms with Crippen molar-refractivity contribution in [2.24, 2.45) is 10.8 Å². The number of pyridine rings is 1. The number of hydrogen-bond donors (Lipinski definition) is 2. The Kier molecular flexibility index (Phi) is 3.82. The van der Waals surface area contributed by atoms with Gasteiger partial charge >= 0.3 is 0 Å². The quantitative estimate of drug-likeness (QED) is 0.872. The van der Waals surface area contributed by atoms with E-state index in [9.17, 15) is 0 Å². The van der Waals surface area contributed by atoms with E-state index in [0.717, 1.165) is 23.7 Å². The van der Waals surface area contributed by atoms with Gasteiger partial charge in [0.05, 0.1) is 0 Å². The highest BCUT2D eigenvalue weighted by atomic mass is 15.3. The van der Waals surface area contributed by atoms with Crippen molar-refractivity contribution >= 4 is 23.1 Å². The van der Waals surface area contributed by atoms with Crippen LogP contribution in [0.5, 0.6) is 0 Å². The van der Waals surface area contributed by atoms with Gasteiger partial charge < -0.3 is 16.0 Å². The first-order valence-electron chi connectivity index (χ1n) is 9.32. The lowest BCUT2D eigenvalue weighted by Crippen LogP contribution is -2.35. The highest BCUT2D eigenvalue weighted by molar-refractivity contribution is 5.78. The third kappa shape index (κ3) is 3.08. The molecule has 6 heteroatoms. The third-order valence-corrected chi connectivity index (χ3v) is 5.71. The van der Waals surface area contributed by atoms with Crippen LogP contribution in [0.2, 0.25) is 0 Å². The fourth-order valence-electron chi connectivity index (χ4n) is 5.09. The SMILES string of the molecule is Cc1ccc(Nc2ncnc(N3CC4(C)CC3CC(C)(C)C4)c2N)nc1. The number of hydrogen-bond acceptors (Lipinski definition) is 6. The smallest absolute Gasteiger partial charge is 0.160 e. The summed E-state index contributed by atoms with van der Waals surface area (Å²) < 4.78 is 0. The lowest BCUT2D eigenvalue weighted by molar-refractivity contribution is 0.136. The van der Waals surface area contributed by atoms with Crippen LogP contribution in [0.15, 0.2) is 24.7 Å². The van der Waals surface area contributed by atoms with Crippen molar-refractivity contribution in [2.75, 3.05) is 22.5 Å². The predicted octanol–water partition coefficient (Wildman–Crippen LogP) is 3.91. The lowest BCUT2D eigenvalue weighted by Gasteiger charge is -2.39. The number of nitrogens with one attached hydrogen (secondary N) is 1. The molecule has 2 atom stereocenters. The molecule has 0 aromatic carbocycles. The molecule has 1 aliphatic carbocycles. The van der Waals surface area contributed by atoms with Crippen molar-refractivity contribution in [1.29, 1.82) is 0 Å². The van der Waals surface area contributed by atoms with Crippen LogP contribution in [-0.4, -0.2) is 27.5 Å². The first-order chi connectivity index (χ1) is 12.2. The molecule has 3 N–H and O–H groups in total. The van der Waals surface area contributed by atoms with Gasteiger partial charge in [-0.2, -0.15) is 0 Å². The van der Waals surface area contributed by atoms with Crippen LogP contribution in [0.1, 0.15) is 45.6 Å². The maximum atomic E-state index is 6.48. The zero-order valence-electron chi connectivity index (χ0n) is 16.1. The molecule has 1 aliphatic heterocycles. The van der Waals surface area contributed by atoms with Crippen LogP contribution in [0.3, 0.4) is 0 Å². The number of aryl methyl sites for hydroxylation is 1. The van der Waals surface area contributed by atoms with Crippen LogP contribution in [0, 0.1) is 17.8 Å². The summed E-state index contributed by atoms with van der Waals surface area (Å²) in [6.07, 6.45) is 7.05. The summed E-state index contributed by atoms with van der Waals surface area (Å²) in [5, 5.41) is 3.23. The van der Waals surface area contributed by atoms with E-state index < -0.39 is 0 Å². The van der Waals surface area contributed by atoms with Crippen molar-refractivity contribution in [3.8, 4) is 0 Å². The Bertz CT molecular complexity index is 816. The van der Waals surface area contributed by atoms with Crippen molar-refractivity contribution < 1.29 is 0 Å². The van der Waals surface area contributed by atoms with E-state index >= 15 is 0 Å². The van der Waals surface area contributed by atoms with E-state index in [2.05, 4.69) is 45.9 Å². The number of anilines is 4. The lowest BCUT2D eigenvalue weighted by atomic mass is 9.65. The number of fused-ring (bicyclic) bond motifs is 2. The second kappa shape index (κ2) is 5.83. The number of rotatable bonds is 3. The largest absolute Gasteiger partial charge is 0.393 e. The fraction of sp³-hybridized carbons (Fsp3) is 0.550.